The summed E-state index contributed by atoms with van der Waals surface area (Å²) in [7, 11) is -4.04. The predicted molar refractivity (Wildman–Crippen MR) is 99.3 cm³/mol. The van der Waals surface area contributed by atoms with Crippen LogP contribution in [0, 0.1) is 0 Å². The fourth-order valence-corrected chi connectivity index (χ4v) is 3.93. The van der Waals surface area contributed by atoms with E-state index in [9.17, 15) is 18.0 Å². The molecule has 27 heavy (non-hydrogen) atoms. The lowest BCUT2D eigenvalue weighted by atomic mass is 10.2. The van der Waals surface area contributed by atoms with E-state index >= 15 is 0 Å². The van der Waals surface area contributed by atoms with Crippen molar-refractivity contribution < 1.29 is 32.2 Å². The van der Waals surface area contributed by atoms with E-state index in [1.165, 1.54) is 36.9 Å². The lowest BCUT2D eigenvalue weighted by Crippen LogP contribution is -2.44. The number of carbonyl (C=O) groups is 2. The highest BCUT2D eigenvalue weighted by atomic mass is 32.2. The molecule has 1 aliphatic heterocycles. The van der Waals surface area contributed by atoms with Crippen molar-refractivity contribution in [3.05, 3.63) is 18.2 Å². The highest BCUT2D eigenvalue weighted by molar-refractivity contribution is 7.98. The second kappa shape index (κ2) is 9.29. The Morgan fingerprint density at radius 2 is 1.96 bits per heavy atom. The molecule has 0 radical (unpaired) electrons. The van der Waals surface area contributed by atoms with Gasteiger partial charge >= 0.3 is 5.97 Å². The van der Waals surface area contributed by atoms with Gasteiger partial charge in [0.1, 0.15) is 19.3 Å². The summed E-state index contributed by atoms with van der Waals surface area (Å²) in [5, 5.41) is 0. The van der Waals surface area contributed by atoms with Crippen molar-refractivity contribution in [2.45, 2.75) is 30.4 Å². The topological polar surface area (TPSA) is 134 Å². The maximum absolute atomic E-state index is 12.7. The van der Waals surface area contributed by atoms with E-state index in [-0.39, 0.29) is 11.3 Å². The van der Waals surface area contributed by atoms with Crippen LogP contribution in [-0.4, -0.2) is 57.7 Å². The third-order valence-electron chi connectivity index (χ3n) is 3.71. The SMILES string of the molecule is CSCC[C@H](NS(=O)(=O)c1ccc2c(c1)OCCO2)C(=O)O[C@H](C)C(N)=O. The first kappa shape index (κ1) is 21.3. The Morgan fingerprint density at radius 3 is 2.59 bits per heavy atom. The molecule has 1 heterocycles. The van der Waals surface area contributed by atoms with Gasteiger partial charge in [0.2, 0.25) is 10.0 Å². The lowest BCUT2D eigenvalue weighted by Gasteiger charge is -2.21. The van der Waals surface area contributed by atoms with Gasteiger partial charge < -0.3 is 19.9 Å². The van der Waals surface area contributed by atoms with Gasteiger partial charge in [-0.15, -0.1) is 0 Å². The summed E-state index contributed by atoms with van der Waals surface area (Å²) in [6.45, 7) is 2.02. The average Bonchev–Trinajstić information content (AvgIpc) is 2.64. The number of nitrogens with one attached hydrogen (secondary N) is 1. The van der Waals surface area contributed by atoms with Gasteiger partial charge in [0.15, 0.2) is 17.6 Å². The van der Waals surface area contributed by atoms with Crippen LogP contribution >= 0.6 is 11.8 Å². The van der Waals surface area contributed by atoms with Crippen LogP contribution in [0.25, 0.3) is 0 Å². The van der Waals surface area contributed by atoms with Gasteiger partial charge in [0.25, 0.3) is 5.91 Å². The summed E-state index contributed by atoms with van der Waals surface area (Å²) in [6, 6.07) is 3.03. The first-order valence-corrected chi connectivity index (χ1v) is 11.0. The first-order chi connectivity index (χ1) is 12.7. The number of amides is 1. The fraction of sp³-hybridized carbons (Fsp3) is 0.500. The summed E-state index contributed by atoms with van der Waals surface area (Å²) in [5.74, 6) is -0.407. The van der Waals surface area contributed by atoms with Crippen LogP contribution in [0.4, 0.5) is 0 Å². The maximum atomic E-state index is 12.7. The minimum atomic E-state index is -4.04. The van der Waals surface area contributed by atoms with Crippen molar-refractivity contribution in [3.8, 4) is 11.5 Å². The lowest BCUT2D eigenvalue weighted by molar-refractivity contribution is -0.155. The molecule has 1 aromatic rings. The molecular weight excluding hydrogens is 396 g/mol. The number of carbonyl (C=O) groups excluding carboxylic acids is 2. The van der Waals surface area contributed by atoms with Crippen LogP contribution in [0.15, 0.2) is 23.1 Å². The molecular formula is C16H22N2O7S2. The fourth-order valence-electron chi connectivity index (χ4n) is 2.22. The minimum Gasteiger partial charge on any atom is -0.486 e. The van der Waals surface area contributed by atoms with Crippen LogP contribution in [0.1, 0.15) is 13.3 Å². The second-order valence-corrected chi connectivity index (χ2v) is 8.44. The highest BCUT2D eigenvalue weighted by Crippen LogP contribution is 2.32. The zero-order valence-corrected chi connectivity index (χ0v) is 16.6. The minimum absolute atomic E-state index is 0.0725. The normalized spacial score (nSPS) is 15.6. The van der Waals surface area contributed by atoms with Crippen molar-refractivity contribution in [2.75, 3.05) is 25.2 Å². The Hall–Kier alpha value is -1.98. The van der Waals surface area contributed by atoms with Gasteiger partial charge in [0, 0.05) is 6.07 Å². The molecule has 0 aliphatic carbocycles. The summed E-state index contributed by atoms with van der Waals surface area (Å²) in [5.41, 5.74) is 5.08. The monoisotopic (exact) mass is 418 g/mol. The van der Waals surface area contributed by atoms with Crippen molar-refractivity contribution in [3.63, 3.8) is 0 Å². The third-order valence-corrected chi connectivity index (χ3v) is 5.82. The van der Waals surface area contributed by atoms with Crippen molar-refractivity contribution in [1.82, 2.24) is 4.72 Å². The Morgan fingerprint density at radius 1 is 1.30 bits per heavy atom. The van der Waals surface area contributed by atoms with Gasteiger partial charge in [-0.05, 0) is 37.5 Å². The molecule has 2 atom stereocenters. The van der Waals surface area contributed by atoms with E-state index in [1.807, 2.05) is 6.26 Å². The average molecular weight is 418 g/mol. The summed E-state index contributed by atoms with van der Waals surface area (Å²) in [6.07, 6.45) is 0.854. The molecule has 11 heteroatoms. The van der Waals surface area contributed by atoms with Gasteiger partial charge in [-0.2, -0.15) is 16.5 Å². The Kier molecular flexibility index (Phi) is 7.33. The van der Waals surface area contributed by atoms with Crippen LogP contribution in [0.5, 0.6) is 11.5 Å². The number of ether oxygens (including phenoxy) is 3. The largest absolute Gasteiger partial charge is 0.486 e. The van der Waals surface area contributed by atoms with E-state index in [4.69, 9.17) is 19.9 Å². The summed E-state index contributed by atoms with van der Waals surface area (Å²) < 4.78 is 43.4. The Bertz CT molecular complexity index is 798. The van der Waals surface area contributed by atoms with Crippen LogP contribution in [-0.2, 0) is 24.3 Å². The number of rotatable bonds is 9. The quantitative estimate of drug-likeness (QED) is 0.546. The number of thioether (sulfide) groups is 1. The molecule has 0 aromatic heterocycles. The molecule has 1 aromatic carbocycles. The molecule has 0 unspecified atom stereocenters. The number of primary amides is 1. The van der Waals surface area contributed by atoms with Crippen LogP contribution in [0.2, 0.25) is 0 Å². The summed E-state index contributed by atoms with van der Waals surface area (Å²) >= 11 is 1.44. The Balaban J connectivity index is 2.19. The number of benzene rings is 1. The molecule has 2 rings (SSSR count). The molecule has 1 amide bonds. The molecule has 3 N–H and O–H groups in total. The number of hydrogen-bond donors (Lipinski definition) is 2. The second-order valence-electron chi connectivity index (χ2n) is 5.74. The Labute approximate surface area is 162 Å². The number of fused-ring (bicyclic) bond motifs is 1. The molecule has 0 saturated heterocycles. The standard InChI is InChI=1S/C16H22N2O7S2/c1-10(15(17)19)25-16(20)12(5-8-26-2)18-27(21,22)11-3-4-13-14(9-11)24-7-6-23-13/h3-4,9-10,12,18H,5-8H2,1-2H3,(H2,17,19)/t10-,12+/m1/s1. The third kappa shape index (κ3) is 5.75. The van der Waals surface area contributed by atoms with Gasteiger partial charge in [-0.1, -0.05) is 0 Å². The van der Waals surface area contributed by atoms with E-state index in [1.54, 1.807) is 0 Å². The molecule has 9 nitrogen and oxygen atoms in total. The highest BCUT2D eigenvalue weighted by Gasteiger charge is 2.29. The molecule has 0 spiro atoms. The van der Waals surface area contributed by atoms with Crippen LogP contribution < -0.4 is 19.9 Å². The van der Waals surface area contributed by atoms with Gasteiger partial charge in [0.05, 0.1) is 4.90 Å². The van der Waals surface area contributed by atoms with Gasteiger partial charge in [-0.3, -0.25) is 9.59 Å². The van der Waals surface area contributed by atoms with Crippen molar-refractivity contribution in [1.29, 1.82) is 0 Å². The van der Waals surface area contributed by atoms with Crippen molar-refractivity contribution in [2.24, 2.45) is 5.73 Å². The molecule has 1 aliphatic rings. The zero-order chi connectivity index (χ0) is 20.0. The van der Waals surface area contributed by atoms with E-state index in [0.29, 0.717) is 30.5 Å². The smallest absolute Gasteiger partial charge is 0.324 e. The first-order valence-electron chi connectivity index (χ1n) is 8.15. The summed E-state index contributed by atoms with van der Waals surface area (Å²) in [4.78, 5) is 23.3. The molecule has 0 fully saturated rings. The number of hydrogen-bond acceptors (Lipinski definition) is 8. The van der Waals surface area contributed by atoms with E-state index in [0.717, 1.165) is 0 Å². The molecule has 150 valence electrons. The number of nitrogens with two attached hydrogens (primary N) is 1. The molecule has 0 saturated carbocycles. The number of sulfonamides is 1. The predicted octanol–water partition coefficient (Wildman–Crippen LogP) is 0.275. The maximum Gasteiger partial charge on any atom is 0.324 e. The van der Waals surface area contributed by atoms with Crippen LogP contribution in [0.3, 0.4) is 0 Å². The molecule has 0 bridgehead atoms. The van der Waals surface area contributed by atoms with E-state index < -0.39 is 34.0 Å². The zero-order valence-electron chi connectivity index (χ0n) is 15.0. The van der Waals surface area contributed by atoms with Gasteiger partial charge in [-0.25, -0.2) is 8.42 Å². The van der Waals surface area contributed by atoms with Crippen molar-refractivity contribution >= 4 is 33.7 Å². The number of esters is 1. The van der Waals surface area contributed by atoms with E-state index in [2.05, 4.69) is 4.72 Å².